The van der Waals surface area contributed by atoms with Gasteiger partial charge in [0.1, 0.15) is 22.7 Å². The lowest BCUT2D eigenvalue weighted by Crippen LogP contribution is -2.38. The lowest BCUT2D eigenvalue weighted by Gasteiger charge is -2.38. The van der Waals surface area contributed by atoms with Gasteiger partial charge in [-0.25, -0.2) is 4.79 Å². The van der Waals surface area contributed by atoms with Gasteiger partial charge in [-0.1, -0.05) is 19.8 Å². The minimum atomic E-state index is -0.973. The Morgan fingerprint density at radius 1 is 1.26 bits per heavy atom. The third-order valence-corrected chi connectivity index (χ3v) is 5.56. The molecule has 3 rings (SSSR count). The van der Waals surface area contributed by atoms with E-state index in [9.17, 15) is 14.7 Å². The number of hydrogen-bond acceptors (Lipinski definition) is 4. The zero-order valence-electron chi connectivity index (χ0n) is 16.6. The Morgan fingerprint density at radius 3 is 2.63 bits per heavy atom. The summed E-state index contributed by atoms with van der Waals surface area (Å²) < 4.78 is 12.1. The van der Waals surface area contributed by atoms with Crippen molar-refractivity contribution in [2.75, 3.05) is 0 Å². The lowest BCUT2D eigenvalue weighted by molar-refractivity contribution is -0.117. The van der Waals surface area contributed by atoms with E-state index in [0.29, 0.717) is 30.6 Å². The molecule has 5 heteroatoms. The van der Waals surface area contributed by atoms with E-state index in [1.807, 2.05) is 19.9 Å². The molecule has 0 aliphatic carbocycles. The van der Waals surface area contributed by atoms with Gasteiger partial charge in [0.25, 0.3) is 0 Å². The molecule has 146 valence electrons. The Bertz CT molecular complexity index is 874. The van der Waals surface area contributed by atoms with Crippen molar-refractivity contribution in [1.82, 2.24) is 0 Å². The Labute approximate surface area is 159 Å². The van der Waals surface area contributed by atoms with Crippen LogP contribution in [0.15, 0.2) is 16.7 Å². The number of furan rings is 1. The lowest BCUT2D eigenvalue weighted by atomic mass is 9.78. The summed E-state index contributed by atoms with van der Waals surface area (Å²) in [4.78, 5) is 23.5. The van der Waals surface area contributed by atoms with Crippen molar-refractivity contribution in [1.29, 1.82) is 0 Å². The van der Waals surface area contributed by atoms with E-state index < -0.39 is 11.6 Å². The first kappa shape index (κ1) is 19.5. The smallest absolute Gasteiger partial charge is 0.339 e. The fourth-order valence-electron chi connectivity index (χ4n) is 4.17. The van der Waals surface area contributed by atoms with E-state index in [4.69, 9.17) is 9.15 Å². The van der Waals surface area contributed by atoms with E-state index in [-0.39, 0.29) is 17.3 Å². The van der Waals surface area contributed by atoms with Crippen molar-refractivity contribution in [2.24, 2.45) is 0 Å². The van der Waals surface area contributed by atoms with Gasteiger partial charge in [-0.15, -0.1) is 0 Å². The largest absolute Gasteiger partial charge is 0.486 e. The number of Topliss-reactive ketones (excluding diaryl/α,β-unsaturated/α-hetero) is 1. The maximum atomic E-state index is 12.0. The van der Waals surface area contributed by atoms with Crippen molar-refractivity contribution in [3.8, 4) is 5.75 Å². The van der Waals surface area contributed by atoms with Crippen molar-refractivity contribution >= 4 is 22.7 Å². The first-order valence-corrected chi connectivity index (χ1v) is 9.75. The van der Waals surface area contributed by atoms with Crippen LogP contribution >= 0.6 is 0 Å². The number of carboxylic acids is 1. The average Bonchev–Trinajstić information content (AvgIpc) is 2.98. The van der Waals surface area contributed by atoms with E-state index >= 15 is 0 Å². The van der Waals surface area contributed by atoms with E-state index in [1.165, 1.54) is 0 Å². The van der Waals surface area contributed by atoms with Gasteiger partial charge < -0.3 is 19.1 Å². The van der Waals surface area contributed by atoms with Crippen LogP contribution in [0.5, 0.6) is 5.75 Å². The topological polar surface area (TPSA) is 76.7 Å². The molecule has 1 aromatic heterocycles. The van der Waals surface area contributed by atoms with Crippen molar-refractivity contribution in [3.63, 3.8) is 0 Å². The molecule has 2 aromatic rings. The highest BCUT2D eigenvalue weighted by Crippen LogP contribution is 2.49. The second-order valence-electron chi connectivity index (χ2n) is 8.07. The van der Waals surface area contributed by atoms with Crippen LogP contribution in [0.1, 0.15) is 87.2 Å². The predicted octanol–water partition coefficient (Wildman–Crippen LogP) is 5.49. The summed E-state index contributed by atoms with van der Waals surface area (Å²) >= 11 is 0. The Kier molecular flexibility index (Phi) is 5.31. The summed E-state index contributed by atoms with van der Waals surface area (Å²) in [6.45, 7) is 7.74. The predicted molar refractivity (Wildman–Crippen MR) is 104 cm³/mol. The van der Waals surface area contributed by atoms with Gasteiger partial charge in [-0.3, -0.25) is 0 Å². The number of aryl methyl sites for hydroxylation is 1. The molecule has 1 atom stereocenters. The van der Waals surface area contributed by atoms with Crippen LogP contribution in [0.2, 0.25) is 0 Å². The Balaban J connectivity index is 2.12. The number of benzene rings is 1. The van der Waals surface area contributed by atoms with Crippen LogP contribution in [0.4, 0.5) is 0 Å². The molecule has 1 unspecified atom stereocenters. The number of carboxylic acid groups (broad SMARTS) is 1. The quantitative estimate of drug-likeness (QED) is 0.620. The van der Waals surface area contributed by atoms with Crippen LogP contribution < -0.4 is 4.74 Å². The number of hydrogen-bond donors (Lipinski definition) is 1. The molecular formula is C22H28O5. The highest BCUT2D eigenvalue weighted by molar-refractivity contribution is 6.06. The first-order chi connectivity index (χ1) is 12.8. The van der Waals surface area contributed by atoms with Gasteiger partial charge >= 0.3 is 5.97 Å². The monoisotopic (exact) mass is 372 g/mol. The SMILES string of the molecule is CCCCCc1cc2c3c(coc3c1C(=O)O)C(CCC(C)=O)C(C)(C)O2. The van der Waals surface area contributed by atoms with Gasteiger partial charge in [0.05, 0.1) is 11.6 Å². The van der Waals surface area contributed by atoms with Crippen LogP contribution in [0.3, 0.4) is 0 Å². The molecule has 2 heterocycles. The van der Waals surface area contributed by atoms with Gasteiger partial charge in [0.15, 0.2) is 5.58 Å². The molecule has 27 heavy (non-hydrogen) atoms. The zero-order chi connectivity index (χ0) is 19.8. The standard InChI is InChI=1S/C22H28O5/c1-5-6-7-8-14-11-17-19-15(12-26-20(19)18(14)21(24)25)16(10-9-13(2)23)22(3,4)27-17/h11-12,16H,5-10H2,1-4H3,(H,24,25). The van der Waals surface area contributed by atoms with Crippen LogP contribution in [-0.2, 0) is 11.2 Å². The number of ketones is 1. The summed E-state index contributed by atoms with van der Waals surface area (Å²) in [5.41, 5.74) is 1.84. The molecule has 1 aromatic carbocycles. The number of aromatic carboxylic acids is 1. The second-order valence-corrected chi connectivity index (χ2v) is 8.07. The van der Waals surface area contributed by atoms with E-state index in [1.54, 1.807) is 13.2 Å². The summed E-state index contributed by atoms with van der Waals surface area (Å²) in [5.74, 6) is -0.176. The summed E-state index contributed by atoms with van der Waals surface area (Å²) in [6.07, 6.45) is 6.51. The highest BCUT2D eigenvalue weighted by atomic mass is 16.5. The number of carbonyl (C=O) groups is 2. The number of ether oxygens (including phenoxy) is 1. The van der Waals surface area contributed by atoms with Crippen LogP contribution in [0, 0.1) is 0 Å². The number of rotatable bonds is 8. The Morgan fingerprint density at radius 2 is 2.00 bits per heavy atom. The van der Waals surface area contributed by atoms with Crippen LogP contribution in [0.25, 0.3) is 11.0 Å². The maximum absolute atomic E-state index is 12.0. The molecule has 0 saturated carbocycles. The zero-order valence-corrected chi connectivity index (χ0v) is 16.6. The second kappa shape index (κ2) is 7.37. The van der Waals surface area contributed by atoms with Crippen molar-refractivity contribution < 1.29 is 23.8 Å². The Hall–Kier alpha value is -2.30. The van der Waals surface area contributed by atoms with Gasteiger partial charge in [-0.05, 0) is 51.7 Å². The molecule has 0 bridgehead atoms. The van der Waals surface area contributed by atoms with Crippen molar-refractivity contribution in [2.45, 2.75) is 77.7 Å². The molecule has 0 spiro atoms. The minimum absolute atomic E-state index is 0.0252. The van der Waals surface area contributed by atoms with E-state index in [0.717, 1.165) is 35.8 Å². The average molecular weight is 372 g/mol. The fraction of sp³-hybridized carbons (Fsp3) is 0.545. The highest BCUT2D eigenvalue weighted by Gasteiger charge is 2.41. The fourth-order valence-corrected chi connectivity index (χ4v) is 4.17. The third kappa shape index (κ3) is 3.60. The normalized spacial score (nSPS) is 17.7. The first-order valence-electron chi connectivity index (χ1n) is 9.75. The molecule has 1 N–H and O–H groups in total. The summed E-state index contributed by atoms with van der Waals surface area (Å²) in [5, 5.41) is 10.6. The maximum Gasteiger partial charge on any atom is 0.339 e. The number of carbonyl (C=O) groups excluding carboxylic acids is 1. The molecule has 0 fully saturated rings. The molecule has 0 amide bonds. The summed E-state index contributed by atoms with van der Waals surface area (Å²) in [7, 11) is 0. The number of unbranched alkanes of at least 4 members (excludes halogenated alkanes) is 2. The van der Waals surface area contributed by atoms with Gasteiger partial charge in [0.2, 0.25) is 0 Å². The molecular weight excluding hydrogens is 344 g/mol. The van der Waals surface area contributed by atoms with Crippen molar-refractivity contribution in [3.05, 3.63) is 29.0 Å². The molecule has 0 radical (unpaired) electrons. The third-order valence-electron chi connectivity index (χ3n) is 5.56. The van der Waals surface area contributed by atoms with Crippen LogP contribution in [-0.4, -0.2) is 22.5 Å². The summed E-state index contributed by atoms with van der Waals surface area (Å²) in [6, 6.07) is 1.88. The molecule has 1 aliphatic heterocycles. The minimum Gasteiger partial charge on any atom is -0.486 e. The molecule has 1 aliphatic rings. The van der Waals surface area contributed by atoms with E-state index in [2.05, 4.69) is 6.92 Å². The molecule has 5 nitrogen and oxygen atoms in total. The van der Waals surface area contributed by atoms with Gasteiger partial charge in [-0.2, -0.15) is 0 Å². The van der Waals surface area contributed by atoms with Gasteiger partial charge in [0, 0.05) is 17.9 Å². The molecule has 0 saturated heterocycles.